The molecular formula is C25H32O12. The Morgan fingerprint density at radius 2 is 1.57 bits per heavy atom. The molecule has 37 heavy (non-hydrogen) atoms. The molecule has 2 aliphatic heterocycles. The summed E-state index contributed by atoms with van der Waals surface area (Å²) in [4.78, 5) is 12.1. The van der Waals surface area contributed by atoms with Crippen molar-refractivity contribution in [3.63, 3.8) is 0 Å². The van der Waals surface area contributed by atoms with Crippen LogP contribution >= 0.6 is 0 Å². The highest BCUT2D eigenvalue weighted by Crippen LogP contribution is 2.39. The molecule has 12 nitrogen and oxygen atoms in total. The number of aromatic hydroxyl groups is 1. The fourth-order valence-electron chi connectivity index (χ4n) is 4.70. The maximum Gasteiger partial charge on any atom is 0.229 e. The molecular weight excluding hydrogens is 492 g/mol. The highest BCUT2D eigenvalue weighted by Gasteiger charge is 2.47. The molecule has 2 aliphatic rings. The number of fused-ring (bicyclic) bond motifs is 1. The van der Waals surface area contributed by atoms with Gasteiger partial charge in [-0.15, -0.1) is 0 Å². The van der Waals surface area contributed by atoms with Crippen LogP contribution in [-0.2, 0) is 14.2 Å². The quantitative estimate of drug-likeness (QED) is 0.230. The molecule has 0 radical (unpaired) electrons. The largest absolute Gasteiger partial charge is 0.506 e. The fraction of sp³-hybridized carbons (Fsp3) is 0.560. The summed E-state index contributed by atoms with van der Waals surface area (Å²) in [6.45, 7) is 4.04. The van der Waals surface area contributed by atoms with Gasteiger partial charge in [-0.2, -0.15) is 0 Å². The van der Waals surface area contributed by atoms with Crippen molar-refractivity contribution in [1.29, 1.82) is 0 Å². The van der Waals surface area contributed by atoms with Gasteiger partial charge >= 0.3 is 0 Å². The van der Waals surface area contributed by atoms with Crippen LogP contribution in [0.4, 0.5) is 0 Å². The van der Waals surface area contributed by atoms with E-state index in [4.69, 9.17) is 18.9 Å². The van der Waals surface area contributed by atoms with Crippen LogP contribution in [0.5, 0.6) is 11.5 Å². The molecule has 0 aromatic heterocycles. The van der Waals surface area contributed by atoms with Gasteiger partial charge in [0.1, 0.15) is 54.2 Å². The molecule has 4 rings (SSSR count). The SMILES string of the molecule is CC(=O)c1c(C)cc2cccc(O[C@@H]3O[C@H](CO[C@H]4O[C@@H](C)[C@H](O)[C@@H](O)[C@@H]4O)[C@@H](O)[C@H](O)[C@H]3O)c2c1O. The monoisotopic (exact) mass is 524 g/mol. The average molecular weight is 525 g/mol. The van der Waals surface area contributed by atoms with E-state index in [1.54, 1.807) is 25.1 Å². The number of benzene rings is 2. The van der Waals surface area contributed by atoms with E-state index < -0.39 is 68.0 Å². The predicted octanol–water partition coefficient (Wildman–Crippen LogP) is -0.913. The number of carbonyl (C=O) groups excluding carboxylic acids is 1. The number of carbonyl (C=O) groups is 1. The molecule has 2 aromatic carbocycles. The Balaban J connectivity index is 1.55. The van der Waals surface area contributed by atoms with E-state index in [1.807, 2.05) is 0 Å². The zero-order valence-electron chi connectivity index (χ0n) is 20.5. The molecule has 10 atom stereocenters. The Kier molecular flexibility index (Phi) is 8.04. The van der Waals surface area contributed by atoms with Crippen molar-refractivity contribution < 1.29 is 59.5 Å². The summed E-state index contributed by atoms with van der Waals surface area (Å²) < 4.78 is 22.3. The Morgan fingerprint density at radius 3 is 2.24 bits per heavy atom. The van der Waals surface area contributed by atoms with Gasteiger partial charge < -0.3 is 54.7 Å². The summed E-state index contributed by atoms with van der Waals surface area (Å²) in [7, 11) is 0. The van der Waals surface area contributed by atoms with Crippen LogP contribution in [0.25, 0.3) is 10.8 Å². The van der Waals surface area contributed by atoms with Crippen LogP contribution in [-0.4, -0.2) is 110 Å². The number of hydrogen-bond donors (Lipinski definition) is 7. The van der Waals surface area contributed by atoms with Gasteiger partial charge in [0.15, 0.2) is 12.1 Å². The van der Waals surface area contributed by atoms with E-state index in [1.165, 1.54) is 19.9 Å². The number of hydrogen-bond acceptors (Lipinski definition) is 12. The standard InChI is InChI=1S/C25H32O12/c1-9-7-12-5-4-6-13(16(12)19(29)15(9)10(2)26)36-25-23(33)21(31)18(28)14(37-25)8-34-24-22(32)20(30)17(27)11(3)35-24/h4-7,11,14,17-18,20-25,27-33H,8H2,1-3H3/t11-,14+,17-,18+,20+,21-,22-,23+,24-,25+/m0/s1. The van der Waals surface area contributed by atoms with Gasteiger partial charge in [0.05, 0.1) is 23.7 Å². The van der Waals surface area contributed by atoms with Gasteiger partial charge in [0, 0.05) is 0 Å². The van der Waals surface area contributed by atoms with Crippen LogP contribution < -0.4 is 4.74 Å². The zero-order chi connectivity index (χ0) is 27.2. The molecule has 7 N–H and O–H groups in total. The molecule has 204 valence electrons. The Morgan fingerprint density at radius 1 is 0.919 bits per heavy atom. The van der Waals surface area contributed by atoms with Crippen molar-refractivity contribution >= 4 is 16.6 Å². The second-order valence-corrected chi connectivity index (χ2v) is 9.47. The second kappa shape index (κ2) is 10.8. The molecule has 2 aromatic rings. The first-order chi connectivity index (χ1) is 17.4. The number of aliphatic hydroxyl groups is 6. The van der Waals surface area contributed by atoms with Crippen molar-refractivity contribution in [2.45, 2.75) is 82.2 Å². The summed E-state index contributed by atoms with van der Waals surface area (Å²) in [6, 6.07) is 6.52. The number of ether oxygens (including phenoxy) is 4. The maximum atomic E-state index is 12.1. The number of aryl methyl sites for hydroxylation is 1. The van der Waals surface area contributed by atoms with Gasteiger partial charge in [0.2, 0.25) is 6.29 Å². The first kappa shape index (κ1) is 27.6. The first-order valence-corrected chi connectivity index (χ1v) is 11.9. The molecule has 2 fully saturated rings. The lowest BCUT2D eigenvalue weighted by molar-refractivity contribution is -0.318. The number of rotatable bonds is 6. The van der Waals surface area contributed by atoms with Crippen molar-refractivity contribution in [2.75, 3.05) is 6.61 Å². The van der Waals surface area contributed by atoms with E-state index in [9.17, 15) is 40.5 Å². The third-order valence-corrected chi connectivity index (χ3v) is 6.80. The minimum atomic E-state index is -1.71. The van der Waals surface area contributed by atoms with Crippen LogP contribution in [0.1, 0.15) is 29.8 Å². The highest BCUT2D eigenvalue weighted by atomic mass is 16.7. The lowest BCUT2D eigenvalue weighted by atomic mass is 9.97. The minimum absolute atomic E-state index is 0.0572. The van der Waals surface area contributed by atoms with E-state index in [2.05, 4.69) is 0 Å². The Bertz CT molecular complexity index is 1140. The maximum absolute atomic E-state index is 12.1. The third kappa shape index (κ3) is 5.17. The van der Waals surface area contributed by atoms with E-state index in [0.717, 1.165) is 0 Å². The minimum Gasteiger partial charge on any atom is -0.506 e. The van der Waals surface area contributed by atoms with Crippen molar-refractivity contribution in [3.05, 3.63) is 35.4 Å². The molecule has 0 aliphatic carbocycles. The molecule has 12 heteroatoms. The number of ketones is 1. The van der Waals surface area contributed by atoms with E-state index in [0.29, 0.717) is 10.9 Å². The summed E-state index contributed by atoms with van der Waals surface area (Å²) in [5, 5.41) is 72.9. The third-order valence-electron chi connectivity index (χ3n) is 6.80. The van der Waals surface area contributed by atoms with Gasteiger partial charge in [-0.25, -0.2) is 0 Å². The van der Waals surface area contributed by atoms with Gasteiger partial charge in [-0.05, 0) is 37.8 Å². The lowest BCUT2D eigenvalue weighted by Gasteiger charge is -2.42. The van der Waals surface area contributed by atoms with Crippen LogP contribution in [0.15, 0.2) is 24.3 Å². The Hall–Kier alpha value is -2.39. The fourth-order valence-corrected chi connectivity index (χ4v) is 4.70. The average Bonchev–Trinajstić information content (AvgIpc) is 2.84. The van der Waals surface area contributed by atoms with Crippen LogP contribution in [0.3, 0.4) is 0 Å². The number of phenols is 1. The Labute approximate surface area is 212 Å². The van der Waals surface area contributed by atoms with Gasteiger partial charge in [0.25, 0.3) is 0 Å². The van der Waals surface area contributed by atoms with Crippen LogP contribution in [0, 0.1) is 6.92 Å². The van der Waals surface area contributed by atoms with E-state index >= 15 is 0 Å². The molecule has 0 unspecified atom stereocenters. The van der Waals surface area contributed by atoms with Gasteiger partial charge in [-0.1, -0.05) is 18.2 Å². The van der Waals surface area contributed by atoms with Crippen LogP contribution in [0.2, 0.25) is 0 Å². The van der Waals surface area contributed by atoms with E-state index in [-0.39, 0.29) is 28.2 Å². The number of phenolic OH excluding ortho intramolecular Hbond substituents is 1. The molecule has 0 bridgehead atoms. The van der Waals surface area contributed by atoms with Crippen molar-refractivity contribution in [3.8, 4) is 11.5 Å². The van der Waals surface area contributed by atoms with Gasteiger partial charge in [-0.3, -0.25) is 4.79 Å². The zero-order valence-corrected chi connectivity index (χ0v) is 20.5. The summed E-state index contributed by atoms with van der Waals surface area (Å²) >= 11 is 0. The molecule has 2 saturated heterocycles. The lowest BCUT2D eigenvalue weighted by Crippen LogP contribution is -2.61. The van der Waals surface area contributed by atoms with Crippen molar-refractivity contribution in [2.24, 2.45) is 0 Å². The summed E-state index contributed by atoms with van der Waals surface area (Å²) in [5.41, 5.74) is 0.682. The van der Waals surface area contributed by atoms with Crippen molar-refractivity contribution in [1.82, 2.24) is 0 Å². The highest BCUT2D eigenvalue weighted by molar-refractivity contribution is 6.06. The first-order valence-electron chi connectivity index (χ1n) is 11.9. The smallest absolute Gasteiger partial charge is 0.229 e. The molecule has 0 amide bonds. The number of Topliss-reactive ketones (excluding diaryl/α,β-unsaturated/α-hetero) is 1. The summed E-state index contributed by atoms with van der Waals surface area (Å²) in [5.74, 6) is -0.598. The topological polar surface area (TPSA) is 196 Å². The molecule has 0 spiro atoms. The molecule has 2 heterocycles. The summed E-state index contributed by atoms with van der Waals surface area (Å²) in [6.07, 6.45) is -14.5. The predicted molar refractivity (Wildman–Crippen MR) is 126 cm³/mol. The second-order valence-electron chi connectivity index (χ2n) is 9.47. The number of aliphatic hydroxyl groups excluding tert-OH is 6. The normalized spacial score (nSPS) is 36.5. The molecule has 0 saturated carbocycles.